The minimum atomic E-state index is -4.20. The Hall–Kier alpha value is -1.31. The van der Waals surface area contributed by atoms with Crippen LogP contribution >= 0.6 is 23.2 Å². The molecule has 9 heteroatoms. The first-order valence-corrected chi connectivity index (χ1v) is 8.63. The molecule has 1 aromatic rings. The third-order valence-corrected chi connectivity index (χ3v) is 5.41. The Kier molecular flexibility index (Phi) is 4.43. The summed E-state index contributed by atoms with van der Waals surface area (Å²) in [4.78, 5) is 11.9. The fourth-order valence-electron chi connectivity index (χ4n) is 2.31. The van der Waals surface area contributed by atoms with Crippen LogP contribution in [0, 0.1) is 0 Å². The predicted molar refractivity (Wildman–Crippen MR) is 85.8 cm³/mol. The highest BCUT2D eigenvalue weighted by atomic mass is 35.5. The lowest BCUT2D eigenvalue weighted by atomic mass is 9.99. The van der Waals surface area contributed by atoms with Gasteiger partial charge in [0, 0.05) is 12.1 Å². The number of nitrogens with zero attached hydrogens (tertiary/aromatic N) is 2. The van der Waals surface area contributed by atoms with Gasteiger partial charge in [0.1, 0.15) is 4.90 Å². The molecule has 120 valence electrons. The second kappa shape index (κ2) is 5.72. The molecule has 1 aliphatic heterocycles. The van der Waals surface area contributed by atoms with E-state index in [-0.39, 0.29) is 14.9 Å². The van der Waals surface area contributed by atoms with Gasteiger partial charge in [-0.05, 0) is 32.9 Å². The molecule has 0 saturated carbocycles. The highest BCUT2D eigenvalue weighted by Gasteiger charge is 2.38. The topological polar surface area (TPSA) is 78.8 Å². The number of nitrogens with one attached hydrogen (secondary N) is 1. The van der Waals surface area contributed by atoms with Crippen LogP contribution in [0.3, 0.4) is 0 Å². The monoisotopic (exact) mass is 363 g/mol. The number of rotatable bonds is 2. The maximum Gasteiger partial charge on any atom is 0.352 e. The molecule has 22 heavy (non-hydrogen) atoms. The molecule has 6 nitrogen and oxygen atoms in total. The molecule has 0 aliphatic carbocycles. The predicted octanol–water partition coefficient (Wildman–Crippen LogP) is 3.25. The minimum Gasteiger partial charge on any atom is -0.245 e. The number of hydrogen-bond donors (Lipinski definition) is 1. The number of hydrogen-bond acceptors (Lipinski definition) is 4. The first-order chi connectivity index (χ1) is 10.0. The summed E-state index contributed by atoms with van der Waals surface area (Å²) in [6.07, 6.45) is 0.563. The third-order valence-electron chi connectivity index (χ3n) is 3.13. The number of urea groups is 1. The van der Waals surface area contributed by atoms with Gasteiger partial charge in [-0.3, -0.25) is 0 Å². The van der Waals surface area contributed by atoms with Crippen LogP contribution in [0.15, 0.2) is 28.2 Å². The first-order valence-electron chi connectivity index (χ1n) is 6.40. The summed E-state index contributed by atoms with van der Waals surface area (Å²) in [6, 6.07) is 3.43. The van der Waals surface area contributed by atoms with Gasteiger partial charge in [0.05, 0.1) is 15.6 Å². The van der Waals surface area contributed by atoms with Crippen molar-refractivity contribution in [1.29, 1.82) is 0 Å². The average Bonchev–Trinajstić information content (AvgIpc) is 2.61. The van der Waals surface area contributed by atoms with E-state index in [0.29, 0.717) is 6.42 Å². The molecule has 2 rings (SSSR count). The van der Waals surface area contributed by atoms with Crippen molar-refractivity contribution in [2.24, 2.45) is 5.10 Å². The van der Waals surface area contributed by atoms with Crippen molar-refractivity contribution in [2.45, 2.75) is 37.6 Å². The van der Waals surface area contributed by atoms with E-state index in [1.54, 1.807) is 20.8 Å². The van der Waals surface area contributed by atoms with E-state index < -0.39 is 21.6 Å². The summed E-state index contributed by atoms with van der Waals surface area (Å²) in [6.45, 7) is 5.36. The van der Waals surface area contributed by atoms with Gasteiger partial charge in [-0.1, -0.05) is 29.3 Å². The molecule has 1 heterocycles. The molecule has 0 aromatic heterocycles. The maximum atomic E-state index is 12.4. The van der Waals surface area contributed by atoms with Crippen molar-refractivity contribution in [2.75, 3.05) is 0 Å². The lowest BCUT2D eigenvalue weighted by Crippen LogP contribution is -2.47. The summed E-state index contributed by atoms with van der Waals surface area (Å²) < 4.78 is 26.7. The van der Waals surface area contributed by atoms with Crippen molar-refractivity contribution in [3.05, 3.63) is 28.2 Å². The lowest BCUT2D eigenvalue weighted by Gasteiger charge is -2.28. The van der Waals surface area contributed by atoms with Gasteiger partial charge in [-0.2, -0.15) is 5.10 Å². The van der Waals surface area contributed by atoms with Gasteiger partial charge < -0.3 is 0 Å². The Morgan fingerprint density at radius 1 is 1.32 bits per heavy atom. The molecular weight excluding hydrogens is 349 g/mol. The van der Waals surface area contributed by atoms with E-state index in [2.05, 4.69) is 5.10 Å². The number of carbonyl (C=O) groups is 1. The summed E-state index contributed by atoms with van der Waals surface area (Å²) in [5.74, 6) is 0. The molecule has 0 spiro atoms. The number of halogens is 2. The van der Waals surface area contributed by atoms with E-state index in [9.17, 15) is 13.2 Å². The van der Waals surface area contributed by atoms with Gasteiger partial charge in [0.2, 0.25) is 0 Å². The molecule has 0 radical (unpaired) electrons. The molecule has 0 unspecified atom stereocenters. The van der Waals surface area contributed by atoms with Crippen LogP contribution < -0.4 is 4.72 Å². The molecule has 0 saturated heterocycles. The largest absolute Gasteiger partial charge is 0.352 e. The smallest absolute Gasteiger partial charge is 0.245 e. The zero-order valence-electron chi connectivity index (χ0n) is 12.2. The zero-order chi connectivity index (χ0) is 16.7. The highest BCUT2D eigenvalue weighted by molar-refractivity contribution is 7.90. The second-order valence-electron chi connectivity index (χ2n) is 5.60. The van der Waals surface area contributed by atoms with E-state index in [1.807, 2.05) is 4.72 Å². The third kappa shape index (κ3) is 3.21. The summed E-state index contributed by atoms with van der Waals surface area (Å²) in [5, 5.41) is 5.06. The van der Waals surface area contributed by atoms with E-state index in [4.69, 9.17) is 23.2 Å². The van der Waals surface area contributed by atoms with Crippen LogP contribution in [0.25, 0.3) is 0 Å². The molecular formula is C13H15Cl2N3O3S. The van der Waals surface area contributed by atoms with Crippen molar-refractivity contribution in [1.82, 2.24) is 9.73 Å². The van der Waals surface area contributed by atoms with Crippen LogP contribution in [0.2, 0.25) is 10.0 Å². The van der Waals surface area contributed by atoms with Crippen molar-refractivity contribution in [3.63, 3.8) is 0 Å². The SMILES string of the molecule is CC1=NN(C(=O)NS(=O)(=O)c2c(Cl)cccc2Cl)C(C)(C)C1. The molecule has 1 aromatic carbocycles. The summed E-state index contributed by atoms with van der Waals surface area (Å²) in [5.41, 5.74) is 0.141. The molecule has 0 atom stereocenters. The first kappa shape index (κ1) is 17.1. The maximum absolute atomic E-state index is 12.4. The number of hydrazone groups is 1. The van der Waals surface area contributed by atoms with Crippen LogP contribution in [-0.2, 0) is 10.0 Å². The van der Waals surface area contributed by atoms with Gasteiger partial charge in [0.15, 0.2) is 0 Å². The van der Waals surface area contributed by atoms with E-state index in [1.165, 1.54) is 18.2 Å². The fraction of sp³-hybridized carbons (Fsp3) is 0.385. The van der Waals surface area contributed by atoms with Gasteiger partial charge >= 0.3 is 6.03 Å². The standard InChI is InChI=1S/C13H15Cl2N3O3S/c1-8-7-13(2,3)18(16-8)12(19)17-22(20,21)11-9(14)5-4-6-10(11)15/h4-6H,7H2,1-3H3,(H,17,19). The second-order valence-corrected chi connectivity index (χ2v) is 8.03. The van der Waals surface area contributed by atoms with Crippen LogP contribution in [0.1, 0.15) is 27.2 Å². The number of sulfonamides is 1. The average molecular weight is 364 g/mol. The van der Waals surface area contributed by atoms with Crippen molar-refractivity contribution >= 4 is 45.0 Å². The lowest BCUT2D eigenvalue weighted by molar-refractivity contribution is 0.159. The fourth-order valence-corrected chi connectivity index (χ4v) is 4.39. The quantitative estimate of drug-likeness (QED) is 0.875. The Bertz CT molecular complexity index is 740. The molecule has 1 aliphatic rings. The summed E-state index contributed by atoms with van der Waals surface area (Å²) >= 11 is 11.8. The van der Waals surface area contributed by atoms with E-state index >= 15 is 0 Å². The normalized spacial score (nSPS) is 17.3. The van der Waals surface area contributed by atoms with Gasteiger partial charge in [0.25, 0.3) is 10.0 Å². The van der Waals surface area contributed by atoms with Crippen molar-refractivity contribution in [3.8, 4) is 0 Å². The van der Waals surface area contributed by atoms with Gasteiger partial charge in [-0.25, -0.2) is 22.9 Å². The number of carbonyl (C=O) groups excluding carboxylic acids is 1. The van der Waals surface area contributed by atoms with Gasteiger partial charge in [-0.15, -0.1) is 0 Å². The molecule has 1 N–H and O–H groups in total. The molecule has 0 fully saturated rings. The molecule has 2 amide bonds. The Balaban J connectivity index is 2.32. The highest BCUT2D eigenvalue weighted by Crippen LogP contribution is 2.30. The Labute approximate surface area is 139 Å². The minimum absolute atomic E-state index is 0.0619. The van der Waals surface area contributed by atoms with Crippen LogP contribution in [0.5, 0.6) is 0 Å². The van der Waals surface area contributed by atoms with Crippen molar-refractivity contribution < 1.29 is 13.2 Å². The Morgan fingerprint density at radius 2 is 1.86 bits per heavy atom. The summed E-state index contributed by atoms with van der Waals surface area (Å²) in [7, 11) is -4.20. The Morgan fingerprint density at radius 3 is 2.32 bits per heavy atom. The van der Waals surface area contributed by atoms with Crippen LogP contribution in [0.4, 0.5) is 4.79 Å². The zero-order valence-corrected chi connectivity index (χ0v) is 14.6. The number of amides is 2. The molecule has 0 bridgehead atoms. The number of benzene rings is 1. The van der Waals surface area contributed by atoms with Crippen LogP contribution in [-0.4, -0.2) is 30.7 Å². The van der Waals surface area contributed by atoms with E-state index in [0.717, 1.165) is 10.7 Å².